The molecule has 1 saturated carbocycles. The molecule has 1 aromatic rings. The number of rotatable bonds is 2. The molecular weight excluding hydrogens is 252 g/mol. The van der Waals surface area contributed by atoms with Crippen molar-refractivity contribution < 1.29 is 14.5 Å². The molecule has 0 amide bonds. The zero-order valence-corrected chi connectivity index (χ0v) is 10.2. The van der Waals surface area contributed by atoms with E-state index in [1.165, 1.54) is 10.8 Å². The Kier molecular flexibility index (Phi) is 2.03. The summed E-state index contributed by atoms with van der Waals surface area (Å²) in [4.78, 5) is 20.0. The highest BCUT2D eigenvalue weighted by molar-refractivity contribution is 6.00. The van der Waals surface area contributed by atoms with E-state index in [1.807, 2.05) is 0 Å². The molecule has 2 aliphatic heterocycles. The van der Waals surface area contributed by atoms with Crippen LogP contribution in [-0.4, -0.2) is 38.5 Å². The van der Waals surface area contributed by atoms with Crippen LogP contribution < -0.4 is 0 Å². The van der Waals surface area contributed by atoms with E-state index < -0.39 is 4.92 Å². The summed E-state index contributed by atoms with van der Waals surface area (Å²) in [6.07, 6.45) is 3.56. The second kappa shape index (κ2) is 3.53. The number of nitrogens with zero attached hydrogens (tertiary/aromatic N) is 4. The molecule has 0 spiro atoms. The predicted molar refractivity (Wildman–Crippen MR) is 62.7 cm³/mol. The molecule has 0 bridgehead atoms. The molecule has 0 aromatic carbocycles. The lowest BCUT2D eigenvalue weighted by Gasteiger charge is -2.19. The van der Waals surface area contributed by atoms with Crippen LogP contribution in [-0.2, 0) is 16.6 Å². The van der Waals surface area contributed by atoms with Gasteiger partial charge in [0, 0.05) is 0 Å². The topological polar surface area (TPSA) is 95.1 Å². The van der Waals surface area contributed by atoms with Gasteiger partial charge in [-0.1, -0.05) is 5.16 Å². The van der Waals surface area contributed by atoms with E-state index >= 15 is 0 Å². The molecule has 0 radical (unpaired) electrons. The summed E-state index contributed by atoms with van der Waals surface area (Å²) in [6, 6.07) is 0. The average molecular weight is 264 g/mol. The van der Waals surface area contributed by atoms with Gasteiger partial charge in [0.15, 0.2) is 11.8 Å². The zero-order valence-electron chi connectivity index (χ0n) is 10.2. The Labute approximate surface area is 108 Å². The number of oxime groups is 1. The third-order valence-corrected chi connectivity index (χ3v) is 4.11. The maximum absolute atomic E-state index is 10.8. The van der Waals surface area contributed by atoms with E-state index in [1.54, 1.807) is 7.05 Å². The van der Waals surface area contributed by atoms with Gasteiger partial charge >= 0.3 is 5.82 Å². The summed E-state index contributed by atoms with van der Waals surface area (Å²) in [5.74, 6) is 0.597. The number of aromatic nitrogens is 2. The Morgan fingerprint density at radius 1 is 1.47 bits per heavy atom. The molecule has 100 valence electrons. The summed E-state index contributed by atoms with van der Waals surface area (Å²) >= 11 is 0. The summed E-state index contributed by atoms with van der Waals surface area (Å²) in [5.41, 5.74) is 0.703. The Morgan fingerprint density at radius 3 is 3.05 bits per heavy atom. The fourth-order valence-electron chi connectivity index (χ4n) is 3.04. The molecule has 19 heavy (non-hydrogen) atoms. The van der Waals surface area contributed by atoms with Crippen LogP contribution in [0.2, 0.25) is 0 Å². The second-order valence-corrected chi connectivity index (χ2v) is 5.13. The van der Waals surface area contributed by atoms with Crippen molar-refractivity contribution in [2.24, 2.45) is 18.1 Å². The van der Waals surface area contributed by atoms with Gasteiger partial charge in [0.1, 0.15) is 12.3 Å². The van der Waals surface area contributed by atoms with Gasteiger partial charge in [0.25, 0.3) is 0 Å². The Hall–Kier alpha value is -1.96. The SMILES string of the molecule is Cn1c([N+](=O)[O-])cnc1C1=NOC2C1CCC1OC12. The van der Waals surface area contributed by atoms with Gasteiger partial charge in [0.05, 0.1) is 19.1 Å². The van der Waals surface area contributed by atoms with Crippen molar-refractivity contribution in [2.45, 2.75) is 31.2 Å². The molecule has 8 nitrogen and oxygen atoms in total. The van der Waals surface area contributed by atoms with Crippen LogP contribution in [0.1, 0.15) is 18.7 Å². The summed E-state index contributed by atoms with van der Waals surface area (Å²) < 4.78 is 6.96. The lowest BCUT2D eigenvalue weighted by Crippen LogP contribution is -2.34. The molecule has 3 heterocycles. The highest BCUT2D eigenvalue weighted by Gasteiger charge is 2.57. The van der Waals surface area contributed by atoms with Crippen molar-refractivity contribution in [3.05, 3.63) is 22.1 Å². The van der Waals surface area contributed by atoms with Gasteiger partial charge in [0.2, 0.25) is 5.82 Å². The summed E-state index contributed by atoms with van der Waals surface area (Å²) in [7, 11) is 1.62. The van der Waals surface area contributed by atoms with E-state index in [-0.39, 0.29) is 23.9 Å². The van der Waals surface area contributed by atoms with Gasteiger partial charge in [-0.3, -0.25) is 0 Å². The monoisotopic (exact) mass is 264 g/mol. The van der Waals surface area contributed by atoms with Gasteiger partial charge < -0.3 is 19.7 Å². The van der Waals surface area contributed by atoms with Crippen molar-refractivity contribution in [1.82, 2.24) is 9.55 Å². The minimum absolute atomic E-state index is 0.0440. The molecule has 8 heteroatoms. The lowest BCUT2D eigenvalue weighted by atomic mass is 9.83. The molecule has 0 N–H and O–H groups in total. The zero-order chi connectivity index (χ0) is 13.1. The van der Waals surface area contributed by atoms with Gasteiger partial charge in [-0.15, -0.1) is 0 Å². The summed E-state index contributed by atoms with van der Waals surface area (Å²) in [5, 5.41) is 14.9. The largest absolute Gasteiger partial charge is 0.388 e. The Bertz CT molecular complexity index is 596. The van der Waals surface area contributed by atoms with Crippen LogP contribution in [0.15, 0.2) is 11.4 Å². The van der Waals surface area contributed by atoms with Crippen LogP contribution in [0.5, 0.6) is 0 Å². The molecular formula is C11H12N4O4. The first kappa shape index (κ1) is 10.9. The molecule has 4 rings (SSSR count). The predicted octanol–water partition coefficient (Wildman–Crippen LogP) is 0.609. The van der Waals surface area contributed by atoms with Crippen molar-refractivity contribution in [2.75, 3.05) is 0 Å². The fourth-order valence-corrected chi connectivity index (χ4v) is 3.04. The standard InChI is InChI=1S/C11H12N4O4/c1-14-7(15(16)17)4-12-11(14)8-5-2-3-6-10(18-6)9(5)19-13-8/h4-6,9-10H,2-3H2,1H3. The third-order valence-electron chi connectivity index (χ3n) is 4.11. The fraction of sp³-hybridized carbons (Fsp3) is 0.636. The molecule has 1 aliphatic carbocycles. The molecule has 4 atom stereocenters. The number of fused-ring (bicyclic) bond motifs is 3. The minimum atomic E-state index is -0.453. The first-order valence-electron chi connectivity index (χ1n) is 6.22. The van der Waals surface area contributed by atoms with Crippen LogP contribution in [0.25, 0.3) is 0 Å². The first-order valence-corrected chi connectivity index (χ1v) is 6.22. The highest BCUT2D eigenvalue weighted by Crippen LogP contribution is 2.45. The Morgan fingerprint density at radius 2 is 2.32 bits per heavy atom. The number of hydrogen-bond donors (Lipinski definition) is 0. The number of epoxide rings is 1. The number of ether oxygens (including phenoxy) is 1. The average Bonchev–Trinajstić information content (AvgIpc) is 2.90. The normalized spacial score (nSPS) is 35.1. The van der Waals surface area contributed by atoms with E-state index in [0.29, 0.717) is 17.6 Å². The van der Waals surface area contributed by atoms with E-state index in [0.717, 1.165) is 12.8 Å². The van der Waals surface area contributed by atoms with E-state index in [4.69, 9.17) is 9.57 Å². The second-order valence-electron chi connectivity index (χ2n) is 5.13. The van der Waals surface area contributed by atoms with Crippen LogP contribution in [0, 0.1) is 16.0 Å². The van der Waals surface area contributed by atoms with Crippen molar-refractivity contribution >= 4 is 11.5 Å². The molecule has 2 fully saturated rings. The lowest BCUT2D eigenvalue weighted by molar-refractivity contribution is -0.391. The van der Waals surface area contributed by atoms with Crippen molar-refractivity contribution in [1.29, 1.82) is 0 Å². The van der Waals surface area contributed by atoms with E-state index in [2.05, 4.69) is 10.1 Å². The molecule has 4 unspecified atom stereocenters. The molecule has 1 saturated heterocycles. The van der Waals surface area contributed by atoms with Gasteiger partial charge in [-0.25, -0.2) is 9.55 Å². The maximum atomic E-state index is 10.8. The Balaban J connectivity index is 1.68. The number of hydrogen-bond acceptors (Lipinski definition) is 6. The third kappa shape index (κ3) is 1.43. The summed E-state index contributed by atoms with van der Waals surface area (Å²) in [6.45, 7) is 0. The number of imidazole rings is 1. The van der Waals surface area contributed by atoms with Crippen LogP contribution in [0.4, 0.5) is 5.82 Å². The van der Waals surface area contributed by atoms with E-state index in [9.17, 15) is 10.1 Å². The van der Waals surface area contributed by atoms with Crippen molar-refractivity contribution in [3.63, 3.8) is 0 Å². The van der Waals surface area contributed by atoms with Gasteiger partial charge in [-0.05, 0) is 17.8 Å². The smallest absolute Gasteiger partial charge is 0.342 e. The first-order chi connectivity index (χ1) is 9.16. The highest BCUT2D eigenvalue weighted by atomic mass is 16.7. The molecule has 3 aliphatic rings. The quantitative estimate of drug-likeness (QED) is 0.443. The maximum Gasteiger partial charge on any atom is 0.342 e. The molecule has 1 aromatic heterocycles. The minimum Gasteiger partial charge on any atom is -0.388 e. The van der Waals surface area contributed by atoms with Crippen LogP contribution in [0.3, 0.4) is 0 Å². The van der Waals surface area contributed by atoms with Crippen LogP contribution >= 0.6 is 0 Å². The van der Waals surface area contributed by atoms with Crippen molar-refractivity contribution in [3.8, 4) is 0 Å². The van der Waals surface area contributed by atoms with Gasteiger partial charge in [-0.2, -0.15) is 0 Å². The number of nitro groups is 1.